The highest BCUT2D eigenvalue weighted by Gasteiger charge is 2.27. The van der Waals surface area contributed by atoms with Crippen LogP contribution in [0.4, 0.5) is 0 Å². The zero-order valence-corrected chi connectivity index (χ0v) is 13.5. The monoisotopic (exact) mass is 383 g/mol. The minimum Gasteiger partial charge on any atom is -0.461 e. The summed E-state index contributed by atoms with van der Waals surface area (Å²) in [7, 11) is 0. The minimum absolute atomic E-state index is 0.0282. The van der Waals surface area contributed by atoms with Crippen molar-refractivity contribution in [2.24, 2.45) is 0 Å². The van der Waals surface area contributed by atoms with E-state index in [9.17, 15) is 9.59 Å². The number of thiazole rings is 1. The lowest BCUT2D eigenvalue weighted by Gasteiger charge is -2.18. The van der Waals surface area contributed by atoms with Crippen molar-refractivity contribution in [1.29, 1.82) is 0 Å². The third-order valence-corrected chi connectivity index (χ3v) is 3.38. The SMILES string of the molecule is CCOC(=O)c1nc(I)sc1C(=O)OC(C)(C)C. The molecule has 0 amide bonds. The second-order valence-corrected chi connectivity index (χ2v) is 7.12. The number of hydrogen-bond donors (Lipinski definition) is 0. The fourth-order valence-electron chi connectivity index (χ4n) is 1.09. The highest BCUT2D eigenvalue weighted by atomic mass is 127. The Bertz CT molecular complexity index is 464. The fraction of sp³-hybridized carbons (Fsp3) is 0.545. The second kappa shape index (κ2) is 5.96. The van der Waals surface area contributed by atoms with Gasteiger partial charge in [-0.1, -0.05) is 0 Å². The van der Waals surface area contributed by atoms with E-state index in [1.54, 1.807) is 27.7 Å². The van der Waals surface area contributed by atoms with E-state index in [1.807, 2.05) is 22.6 Å². The molecule has 0 radical (unpaired) electrons. The van der Waals surface area contributed by atoms with Crippen LogP contribution >= 0.6 is 33.9 Å². The van der Waals surface area contributed by atoms with Crippen molar-refractivity contribution in [3.63, 3.8) is 0 Å². The third kappa shape index (κ3) is 4.20. The molecule has 18 heavy (non-hydrogen) atoms. The Balaban J connectivity index is 3.02. The van der Waals surface area contributed by atoms with Crippen LogP contribution in [0.25, 0.3) is 0 Å². The number of hydrogen-bond acceptors (Lipinski definition) is 6. The number of rotatable bonds is 3. The van der Waals surface area contributed by atoms with Crippen LogP contribution in [0.15, 0.2) is 0 Å². The first-order valence-corrected chi connectivity index (χ1v) is 7.21. The molecule has 7 heteroatoms. The molecule has 0 aliphatic carbocycles. The summed E-state index contributed by atoms with van der Waals surface area (Å²) >= 11 is 3.07. The van der Waals surface area contributed by atoms with Crippen molar-refractivity contribution in [3.8, 4) is 0 Å². The van der Waals surface area contributed by atoms with E-state index in [4.69, 9.17) is 9.47 Å². The van der Waals surface area contributed by atoms with Gasteiger partial charge in [-0.25, -0.2) is 14.6 Å². The van der Waals surface area contributed by atoms with Crippen molar-refractivity contribution in [2.45, 2.75) is 33.3 Å². The Morgan fingerprint density at radius 1 is 1.33 bits per heavy atom. The second-order valence-electron chi connectivity index (χ2n) is 4.37. The van der Waals surface area contributed by atoms with Gasteiger partial charge in [0.25, 0.3) is 0 Å². The molecular formula is C11H14INO4S. The molecule has 0 atom stereocenters. The van der Waals surface area contributed by atoms with Crippen LogP contribution in [0.3, 0.4) is 0 Å². The molecule has 0 saturated carbocycles. The van der Waals surface area contributed by atoms with Crippen LogP contribution < -0.4 is 0 Å². The number of aromatic nitrogens is 1. The maximum absolute atomic E-state index is 11.9. The average molecular weight is 383 g/mol. The van der Waals surface area contributed by atoms with E-state index < -0.39 is 17.5 Å². The van der Waals surface area contributed by atoms with E-state index in [1.165, 1.54) is 0 Å². The lowest BCUT2D eigenvalue weighted by molar-refractivity contribution is 0.00698. The Labute approximate surface area is 123 Å². The van der Waals surface area contributed by atoms with Gasteiger partial charge in [0, 0.05) is 0 Å². The molecule has 100 valence electrons. The van der Waals surface area contributed by atoms with Gasteiger partial charge >= 0.3 is 11.9 Å². The van der Waals surface area contributed by atoms with Crippen molar-refractivity contribution >= 4 is 45.9 Å². The molecule has 1 heterocycles. The van der Waals surface area contributed by atoms with Crippen LogP contribution in [0.5, 0.6) is 0 Å². The molecule has 0 bridgehead atoms. The van der Waals surface area contributed by atoms with E-state index >= 15 is 0 Å². The van der Waals surface area contributed by atoms with Gasteiger partial charge in [0.2, 0.25) is 0 Å². The summed E-state index contributed by atoms with van der Waals surface area (Å²) in [5, 5.41) is 0. The zero-order chi connectivity index (χ0) is 13.9. The highest BCUT2D eigenvalue weighted by molar-refractivity contribution is 14.1. The molecule has 5 nitrogen and oxygen atoms in total. The molecule has 0 fully saturated rings. The summed E-state index contributed by atoms with van der Waals surface area (Å²) in [4.78, 5) is 27.8. The molecule has 1 aromatic rings. The summed E-state index contributed by atoms with van der Waals surface area (Å²) in [5.74, 6) is -1.15. The van der Waals surface area contributed by atoms with Crippen LogP contribution in [0.2, 0.25) is 0 Å². The first kappa shape index (κ1) is 15.4. The van der Waals surface area contributed by atoms with E-state index in [2.05, 4.69) is 4.98 Å². The summed E-state index contributed by atoms with van der Waals surface area (Å²) in [6.07, 6.45) is 0. The third-order valence-electron chi connectivity index (χ3n) is 1.65. The van der Waals surface area contributed by atoms with Crippen molar-refractivity contribution in [2.75, 3.05) is 6.61 Å². The van der Waals surface area contributed by atoms with Crippen molar-refractivity contribution in [1.82, 2.24) is 4.98 Å². The Kier molecular flexibility index (Phi) is 5.09. The number of carbonyl (C=O) groups excluding carboxylic acids is 2. The number of carbonyl (C=O) groups is 2. The van der Waals surface area contributed by atoms with Crippen LogP contribution in [-0.4, -0.2) is 29.1 Å². The van der Waals surface area contributed by atoms with Gasteiger partial charge < -0.3 is 9.47 Å². The molecule has 1 rings (SSSR count). The van der Waals surface area contributed by atoms with Gasteiger partial charge in [-0.3, -0.25) is 0 Å². The lowest BCUT2D eigenvalue weighted by Crippen LogP contribution is -2.24. The maximum Gasteiger partial charge on any atom is 0.358 e. The topological polar surface area (TPSA) is 65.5 Å². The predicted octanol–water partition coefficient (Wildman–Crippen LogP) is 2.88. The van der Waals surface area contributed by atoms with Crippen LogP contribution in [0.1, 0.15) is 47.9 Å². The zero-order valence-electron chi connectivity index (χ0n) is 10.6. The van der Waals surface area contributed by atoms with Crippen LogP contribution in [0, 0.1) is 3.01 Å². The van der Waals surface area contributed by atoms with Gasteiger partial charge in [-0.15, -0.1) is 11.3 Å². The molecule has 1 aromatic heterocycles. The summed E-state index contributed by atoms with van der Waals surface area (Å²) < 4.78 is 10.7. The van der Waals surface area contributed by atoms with Gasteiger partial charge in [0.1, 0.15) is 10.5 Å². The predicted molar refractivity (Wildman–Crippen MR) is 76.0 cm³/mol. The summed E-state index contributed by atoms with van der Waals surface area (Å²) in [6, 6.07) is 0. The summed E-state index contributed by atoms with van der Waals surface area (Å²) in [5.41, 5.74) is -0.584. The van der Waals surface area contributed by atoms with E-state index in [0.717, 1.165) is 11.3 Å². The first-order chi connectivity index (χ1) is 8.24. The van der Waals surface area contributed by atoms with E-state index in [0.29, 0.717) is 3.01 Å². The Morgan fingerprint density at radius 2 is 1.94 bits per heavy atom. The molecule has 0 unspecified atom stereocenters. The smallest absolute Gasteiger partial charge is 0.358 e. The average Bonchev–Trinajstić information content (AvgIpc) is 2.58. The molecule has 0 aliphatic heterocycles. The highest BCUT2D eigenvalue weighted by Crippen LogP contribution is 2.24. The van der Waals surface area contributed by atoms with Gasteiger partial charge in [0.15, 0.2) is 8.71 Å². The summed E-state index contributed by atoms with van der Waals surface area (Å²) in [6.45, 7) is 7.23. The Morgan fingerprint density at radius 3 is 2.44 bits per heavy atom. The van der Waals surface area contributed by atoms with Gasteiger partial charge in [0.05, 0.1) is 6.61 Å². The molecule has 0 saturated heterocycles. The number of esters is 2. The van der Waals surface area contributed by atoms with Crippen molar-refractivity contribution < 1.29 is 19.1 Å². The van der Waals surface area contributed by atoms with E-state index in [-0.39, 0.29) is 17.2 Å². The standard InChI is InChI=1S/C11H14INO4S/c1-5-16-8(14)6-7(18-10(12)13-6)9(15)17-11(2,3)4/h5H2,1-4H3. The largest absolute Gasteiger partial charge is 0.461 e. The Hall–Kier alpha value is -0.700. The number of halogens is 1. The minimum atomic E-state index is -0.613. The maximum atomic E-state index is 11.9. The van der Waals surface area contributed by atoms with Gasteiger partial charge in [-0.05, 0) is 50.3 Å². The number of ether oxygens (including phenoxy) is 2. The number of nitrogens with zero attached hydrogens (tertiary/aromatic N) is 1. The fourth-order valence-corrected chi connectivity index (χ4v) is 2.65. The van der Waals surface area contributed by atoms with Crippen molar-refractivity contribution in [3.05, 3.63) is 13.6 Å². The molecular weight excluding hydrogens is 369 g/mol. The normalized spacial score (nSPS) is 11.2. The molecule has 0 aromatic carbocycles. The quantitative estimate of drug-likeness (QED) is 0.593. The lowest BCUT2D eigenvalue weighted by atomic mass is 10.2. The molecule has 0 spiro atoms. The molecule has 0 aliphatic rings. The van der Waals surface area contributed by atoms with Gasteiger partial charge in [-0.2, -0.15) is 0 Å². The first-order valence-electron chi connectivity index (χ1n) is 5.31. The van der Waals surface area contributed by atoms with Crippen LogP contribution in [-0.2, 0) is 9.47 Å². The molecule has 0 N–H and O–H groups in total.